The Hall–Kier alpha value is -3.47. The summed E-state index contributed by atoms with van der Waals surface area (Å²) in [7, 11) is 0. The number of fused-ring (bicyclic) bond motifs is 1. The first kappa shape index (κ1) is 17.9. The summed E-state index contributed by atoms with van der Waals surface area (Å²) in [6.07, 6.45) is 2.92. The predicted octanol–water partition coefficient (Wildman–Crippen LogP) is 3.25. The van der Waals surface area contributed by atoms with Gasteiger partial charge in [0.15, 0.2) is 17.0 Å². The molecule has 0 spiro atoms. The van der Waals surface area contributed by atoms with Gasteiger partial charge in [0.1, 0.15) is 18.5 Å². The summed E-state index contributed by atoms with van der Waals surface area (Å²) in [5.41, 5.74) is -0.116. The minimum absolute atomic E-state index is 0.0401. The Morgan fingerprint density at radius 2 is 1.71 bits per heavy atom. The Bertz CT molecular complexity index is 975. The first-order valence-electron chi connectivity index (χ1n) is 9.01. The Kier molecular flexibility index (Phi) is 4.65. The number of hydrogen-bond donors (Lipinski definition) is 0. The molecule has 2 aliphatic rings. The van der Waals surface area contributed by atoms with Gasteiger partial charge in [-0.1, -0.05) is 66.7 Å². The van der Waals surface area contributed by atoms with Gasteiger partial charge in [-0.25, -0.2) is 0 Å². The van der Waals surface area contributed by atoms with Crippen molar-refractivity contribution in [2.75, 3.05) is 0 Å². The molecule has 0 fully saturated rings. The number of ether oxygens (including phenoxy) is 2. The number of ketones is 2. The molecule has 0 saturated carbocycles. The lowest BCUT2D eigenvalue weighted by molar-refractivity contribution is -0.165. The average Bonchev–Trinajstić information content (AvgIpc) is 2.73. The number of allylic oxidation sites excluding steroid dienone is 2. The van der Waals surface area contributed by atoms with E-state index in [4.69, 9.17) is 9.47 Å². The van der Waals surface area contributed by atoms with Gasteiger partial charge in [0.25, 0.3) is 0 Å². The molecule has 4 rings (SSSR count). The molecule has 2 atom stereocenters. The van der Waals surface area contributed by atoms with Gasteiger partial charge in [-0.15, -0.1) is 0 Å². The monoisotopic (exact) mass is 374 g/mol. The zero-order chi connectivity index (χ0) is 19.6. The zero-order valence-corrected chi connectivity index (χ0v) is 15.0. The van der Waals surface area contributed by atoms with Gasteiger partial charge < -0.3 is 9.47 Å². The van der Waals surface area contributed by atoms with Crippen LogP contribution in [0, 0.1) is 5.41 Å². The molecule has 1 heterocycles. The van der Waals surface area contributed by atoms with Crippen molar-refractivity contribution in [1.29, 1.82) is 0 Å². The summed E-state index contributed by atoms with van der Waals surface area (Å²) in [6.45, 7) is 0.0401. The number of rotatable bonds is 4. The number of carbonyl (C=O) groups excluding carboxylic acids is 3. The van der Waals surface area contributed by atoms with Crippen molar-refractivity contribution in [2.24, 2.45) is 5.41 Å². The molecule has 1 aliphatic carbocycles. The first-order chi connectivity index (χ1) is 13.6. The molecule has 140 valence electrons. The van der Waals surface area contributed by atoms with Gasteiger partial charge in [-0.05, 0) is 11.6 Å². The van der Waals surface area contributed by atoms with Crippen molar-refractivity contribution in [3.05, 3.63) is 90.0 Å². The van der Waals surface area contributed by atoms with Crippen molar-refractivity contribution >= 4 is 23.3 Å². The van der Waals surface area contributed by atoms with Crippen LogP contribution in [0.4, 0.5) is 0 Å². The van der Waals surface area contributed by atoms with Crippen molar-refractivity contribution in [3.8, 4) is 0 Å². The minimum atomic E-state index is -1.64. The molecule has 5 heteroatoms. The van der Waals surface area contributed by atoms with Gasteiger partial charge >= 0.3 is 5.97 Å². The van der Waals surface area contributed by atoms with Crippen molar-refractivity contribution in [3.63, 3.8) is 0 Å². The maximum absolute atomic E-state index is 13.1. The van der Waals surface area contributed by atoms with Gasteiger partial charge in [0.05, 0.1) is 0 Å². The SMILES string of the molecule is O=C1C=C[C@@]2(C(=O)OCc3ccccc3)C(=O)C=C(c3ccccc3)O[C@H]2C1. The van der Waals surface area contributed by atoms with E-state index in [2.05, 4.69) is 0 Å². The van der Waals surface area contributed by atoms with Crippen LogP contribution in [-0.4, -0.2) is 23.6 Å². The maximum Gasteiger partial charge on any atom is 0.328 e. The van der Waals surface area contributed by atoms with Crippen LogP contribution in [0.1, 0.15) is 17.5 Å². The van der Waals surface area contributed by atoms with Crippen LogP contribution in [0.2, 0.25) is 0 Å². The van der Waals surface area contributed by atoms with Crippen LogP contribution in [0.3, 0.4) is 0 Å². The highest BCUT2D eigenvalue weighted by Crippen LogP contribution is 2.42. The van der Waals surface area contributed by atoms with Crippen molar-refractivity contribution in [2.45, 2.75) is 19.1 Å². The Morgan fingerprint density at radius 1 is 1.04 bits per heavy atom. The number of carbonyl (C=O) groups is 3. The first-order valence-corrected chi connectivity index (χ1v) is 9.01. The van der Waals surface area contributed by atoms with E-state index in [0.717, 1.165) is 5.56 Å². The van der Waals surface area contributed by atoms with Gasteiger partial charge in [-0.2, -0.15) is 0 Å². The second-order valence-electron chi connectivity index (χ2n) is 6.78. The highest BCUT2D eigenvalue weighted by Gasteiger charge is 2.56. The van der Waals surface area contributed by atoms with E-state index in [9.17, 15) is 14.4 Å². The molecule has 2 aromatic rings. The van der Waals surface area contributed by atoms with E-state index >= 15 is 0 Å². The third kappa shape index (κ3) is 3.16. The van der Waals surface area contributed by atoms with E-state index in [-0.39, 0.29) is 18.8 Å². The number of esters is 1. The topological polar surface area (TPSA) is 69.7 Å². The Labute approximate surface area is 162 Å². The van der Waals surface area contributed by atoms with E-state index in [0.29, 0.717) is 11.3 Å². The smallest absolute Gasteiger partial charge is 0.328 e. The van der Waals surface area contributed by atoms with Gasteiger partial charge in [0.2, 0.25) is 0 Å². The average molecular weight is 374 g/mol. The summed E-state index contributed by atoms with van der Waals surface area (Å²) in [6, 6.07) is 18.3. The molecular formula is C23H18O5. The van der Waals surface area contributed by atoms with E-state index < -0.39 is 23.3 Å². The molecule has 0 unspecified atom stereocenters. The minimum Gasteiger partial charge on any atom is -0.487 e. The summed E-state index contributed by atoms with van der Waals surface area (Å²) in [5, 5.41) is 0. The van der Waals surface area contributed by atoms with Crippen LogP contribution < -0.4 is 0 Å². The molecule has 0 saturated heterocycles. The summed E-state index contributed by atoms with van der Waals surface area (Å²) in [5.74, 6) is -0.994. The van der Waals surface area contributed by atoms with Crippen LogP contribution in [-0.2, 0) is 30.5 Å². The second-order valence-corrected chi connectivity index (χ2v) is 6.78. The third-order valence-corrected chi connectivity index (χ3v) is 4.97. The fourth-order valence-electron chi connectivity index (χ4n) is 3.44. The highest BCUT2D eigenvalue weighted by molar-refractivity contribution is 6.16. The summed E-state index contributed by atoms with van der Waals surface area (Å²) >= 11 is 0. The van der Waals surface area contributed by atoms with Crippen molar-refractivity contribution in [1.82, 2.24) is 0 Å². The fraction of sp³-hybridized carbons (Fsp3) is 0.174. The van der Waals surface area contributed by atoms with Crippen molar-refractivity contribution < 1.29 is 23.9 Å². The number of hydrogen-bond acceptors (Lipinski definition) is 5. The van der Waals surface area contributed by atoms with Gasteiger partial charge in [-0.3, -0.25) is 14.4 Å². The van der Waals surface area contributed by atoms with E-state index in [1.165, 1.54) is 18.2 Å². The molecule has 0 bridgehead atoms. The highest BCUT2D eigenvalue weighted by atomic mass is 16.5. The second kappa shape index (κ2) is 7.27. The molecule has 1 aliphatic heterocycles. The molecule has 2 aromatic carbocycles. The summed E-state index contributed by atoms with van der Waals surface area (Å²) in [4.78, 5) is 38.0. The maximum atomic E-state index is 13.1. The zero-order valence-electron chi connectivity index (χ0n) is 15.0. The van der Waals surface area contributed by atoms with Crippen LogP contribution >= 0.6 is 0 Å². The predicted molar refractivity (Wildman–Crippen MR) is 102 cm³/mol. The lowest BCUT2D eigenvalue weighted by Crippen LogP contribution is -2.53. The molecular weight excluding hydrogens is 356 g/mol. The van der Waals surface area contributed by atoms with E-state index in [1.807, 2.05) is 48.5 Å². The molecule has 28 heavy (non-hydrogen) atoms. The Morgan fingerprint density at radius 3 is 2.43 bits per heavy atom. The molecule has 0 N–H and O–H groups in total. The molecule has 5 nitrogen and oxygen atoms in total. The largest absolute Gasteiger partial charge is 0.487 e. The quantitative estimate of drug-likeness (QED) is 0.607. The van der Waals surface area contributed by atoms with Crippen LogP contribution in [0.15, 0.2) is 78.9 Å². The molecule has 0 radical (unpaired) electrons. The van der Waals surface area contributed by atoms with Crippen LogP contribution in [0.25, 0.3) is 5.76 Å². The lowest BCUT2D eigenvalue weighted by Gasteiger charge is -2.39. The van der Waals surface area contributed by atoms with Crippen LogP contribution in [0.5, 0.6) is 0 Å². The summed E-state index contributed by atoms with van der Waals surface area (Å²) < 4.78 is 11.4. The molecule has 0 aromatic heterocycles. The normalized spacial score (nSPS) is 23.4. The van der Waals surface area contributed by atoms with E-state index in [1.54, 1.807) is 12.1 Å². The Balaban J connectivity index is 1.65. The number of benzene rings is 2. The third-order valence-electron chi connectivity index (χ3n) is 4.97. The lowest BCUT2D eigenvalue weighted by atomic mass is 9.71. The molecule has 0 amide bonds. The van der Waals surface area contributed by atoms with Gasteiger partial charge in [0, 0.05) is 18.1 Å². The fourth-order valence-corrected chi connectivity index (χ4v) is 3.44. The standard InChI is InChI=1S/C23H18O5/c24-18-11-12-23(22(26)27-15-16-7-3-1-4-8-16)20(25)14-19(28-21(23)13-18)17-9-5-2-6-10-17/h1-12,14,21H,13,15H2/t21-,23+/m0/s1.